The molecule has 0 fully saturated rings. The molecule has 3 rings (SSSR count). The smallest absolute Gasteiger partial charge is 0.385 e. The summed E-state index contributed by atoms with van der Waals surface area (Å²) in [6.07, 6.45) is -4.11. The van der Waals surface area contributed by atoms with Crippen LogP contribution in [0.3, 0.4) is 0 Å². The Morgan fingerprint density at radius 1 is 1.12 bits per heavy atom. The zero-order valence-corrected chi connectivity index (χ0v) is 18.7. The number of nitrogens with zero attached hydrogens (tertiary/aromatic N) is 3. The minimum atomic E-state index is -4.58. The van der Waals surface area contributed by atoms with Crippen LogP contribution in [-0.4, -0.2) is 40.5 Å². The summed E-state index contributed by atoms with van der Waals surface area (Å²) in [5, 5.41) is 6.68. The molecule has 0 atom stereocenters. The molecular weight excluding hydrogens is 477 g/mol. The van der Waals surface area contributed by atoms with E-state index in [4.69, 9.17) is 16.3 Å². The molecule has 1 heterocycles. The van der Waals surface area contributed by atoms with Crippen molar-refractivity contribution in [3.05, 3.63) is 91.2 Å². The van der Waals surface area contributed by atoms with Crippen LogP contribution in [0.15, 0.2) is 58.1 Å². The van der Waals surface area contributed by atoms with Gasteiger partial charge in [0.2, 0.25) is 5.69 Å². The molecule has 0 unspecified atom stereocenters. The number of benzene rings is 2. The summed E-state index contributed by atoms with van der Waals surface area (Å²) >= 11 is 6.16. The number of nitrogens with one attached hydrogen (secondary N) is 1. The van der Waals surface area contributed by atoms with Crippen molar-refractivity contribution in [3.63, 3.8) is 0 Å². The highest BCUT2D eigenvalue weighted by molar-refractivity contribution is 6.31. The molecule has 0 saturated carbocycles. The number of hydrogen-bond acceptors (Lipinski definition) is 5. The van der Waals surface area contributed by atoms with Gasteiger partial charge in [0.25, 0.3) is 11.5 Å². The molecule has 0 aliphatic rings. The van der Waals surface area contributed by atoms with Crippen LogP contribution in [0.25, 0.3) is 5.69 Å². The molecule has 2 aromatic carbocycles. The number of methoxy groups -OCH3 is 1. The van der Waals surface area contributed by atoms with E-state index in [9.17, 15) is 27.6 Å². The highest BCUT2D eigenvalue weighted by Crippen LogP contribution is 2.29. The standard InChI is InChI=1S/C22H20ClF3N4O4/c1-34-12-4-11-27-19(31)18-20(32)29(13-14-5-2-3-6-17(14)23)21(33)30(28-18)16-9-7-15(8-10-16)22(24,25)26/h2-3,5-10H,4,11-13H2,1H3,(H,27,31). The summed E-state index contributed by atoms with van der Waals surface area (Å²) in [5.41, 5.74) is -3.05. The maximum atomic E-state index is 13.1. The SMILES string of the molecule is COCCCNC(=O)c1nn(-c2ccc(C(F)(F)F)cc2)c(=O)n(Cc2ccccc2Cl)c1=O. The summed E-state index contributed by atoms with van der Waals surface area (Å²) in [6, 6.07) is 10.1. The van der Waals surface area contributed by atoms with Gasteiger partial charge in [-0.05, 0) is 42.3 Å². The minimum absolute atomic E-state index is 0.0562. The molecule has 1 amide bonds. The molecule has 0 aliphatic carbocycles. The molecule has 8 nitrogen and oxygen atoms in total. The zero-order chi connectivity index (χ0) is 24.9. The normalized spacial score (nSPS) is 11.4. The first-order valence-corrected chi connectivity index (χ1v) is 10.4. The third-order valence-electron chi connectivity index (χ3n) is 4.81. The Kier molecular flexibility index (Phi) is 7.90. The molecule has 1 N–H and O–H groups in total. The lowest BCUT2D eigenvalue weighted by atomic mass is 10.2. The van der Waals surface area contributed by atoms with Crippen molar-refractivity contribution in [1.29, 1.82) is 0 Å². The van der Waals surface area contributed by atoms with E-state index in [-0.39, 0.29) is 23.8 Å². The van der Waals surface area contributed by atoms with Gasteiger partial charge in [-0.3, -0.25) is 14.2 Å². The van der Waals surface area contributed by atoms with Gasteiger partial charge in [0.05, 0.1) is 17.8 Å². The molecule has 12 heteroatoms. The number of carbonyl (C=O) groups is 1. The maximum Gasteiger partial charge on any atom is 0.416 e. The number of alkyl halides is 3. The largest absolute Gasteiger partial charge is 0.416 e. The molecular formula is C22H20ClF3N4O4. The summed E-state index contributed by atoms with van der Waals surface area (Å²) in [5.74, 6) is -0.838. The van der Waals surface area contributed by atoms with Crippen LogP contribution in [0.5, 0.6) is 0 Å². The van der Waals surface area contributed by atoms with E-state index in [1.165, 1.54) is 7.11 Å². The lowest BCUT2D eigenvalue weighted by Gasteiger charge is -2.13. The van der Waals surface area contributed by atoms with Crippen LogP contribution >= 0.6 is 11.6 Å². The fraction of sp³-hybridized carbons (Fsp3) is 0.273. The van der Waals surface area contributed by atoms with Crippen molar-refractivity contribution in [2.45, 2.75) is 19.1 Å². The first-order valence-electron chi connectivity index (χ1n) is 10.1. The van der Waals surface area contributed by atoms with Gasteiger partial charge < -0.3 is 10.1 Å². The Balaban J connectivity index is 2.11. The van der Waals surface area contributed by atoms with Crippen LogP contribution in [0.1, 0.15) is 28.0 Å². The topological polar surface area (TPSA) is 95.2 Å². The van der Waals surface area contributed by atoms with Crippen molar-refractivity contribution in [3.8, 4) is 5.69 Å². The molecule has 0 bridgehead atoms. The van der Waals surface area contributed by atoms with Gasteiger partial charge in [-0.15, -0.1) is 0 Å². The Morgan fingerprint density at radius 2 is 1.79 bits per heavy atom. The number of rotatable bonds is 8. The Morgan fingerprint density at radius 3 is 2.41 bits per heavy atom. The predicted octanol–water partition coefficient (Wildman–Crippen LogP) is 2.88. The first-order chi connectivity index (χ1) is 16.1. The molecule has 0 saturated heterocycles. The van der Waals surface area contributed by atoms with Gasteiger partial charge in [-0.25, -0.2) is 4.79 Å². The average molecular weight is 497 g/mol. The van der Waals surface area contributed by atoms with Crippen LogP contribution in [0.2, 0.25) is 5.02 Å². The van der Waals surface area contributed by atoms with Crippen molar-refractivity contribution in [2.24, 2.45) is 0 Å². The fourth-order valence-electron chi connectivity index (χ4n) is 3.06. The number of amides is 1. The number of carbonyl (C=O) groups excluding carboxylic acids is 1. The van der Waals surface area contributed by atoms with E-state index >= 15 is 0 Å². The van der Waals surface area contributed by atoms with E-state index in [0.717, 1.165) is 28.8 Å². The van der Waals surface area contributed by atoms with Gasteiger partial charge in [0.15, 0.2) is 0 Å². The van der Waals surface area contributed by atoms with E-state index in [1.807, 2.05) is 0 Å². The molecule has 0 radical (unpaired) electrons. The summed E-state index contributed by atoms with van der Waals surface area (Å²) in [4.78, 5) is 38.8. The molecule has 0 aliphatic heterocycles. The second-order valence-electron chi connectivity index (χ2n) is 7.17. The number of hydrogen-bond donors (Lipinski definition) is 1. The fourth-order valence-corrected chi connectivity index (χ4v) is 3.25. The van der Waals surface area contributed by atoms with Gasteiger partial charge >= 0.3 is 11.9 Å². The number of halogens is 4. The molecule has 1 aromatic heterocycles. The molecule has 34 heavy (non-hydrogen) atoms. The summed E-state index contributed by atoms with van der Waals surface area (Å²) < 4.78 is 45.2. The average Bonchev–Trinajstić information content (AvgIpc) is 2.80. The van der Waals surface area contributed by atoms with E-state index in [1.54, 1.807) is 24.3 Å². The van der Waals surface area contributed by atoms with E-state index in [2.05, 4.69) is 10.4 Å². The first kappa shape index (κ1) is 25.2. The van der Waals surface area contributed by atoms with Gasteiger partial charge in [-0.2, -0.15) is 23.0 Å². The molecule has 0 spiro atoms. The van der Waals surface area contributed by atoms with Crippen LogP contribution in [0, 0.1) is 0 Å². The summed E-state index contributed by atoms with van der Waals surface area (Å²) in [6.45, 7) is 0.275. The molecule has 3 aromatic rings. The predicted molar refractivity (Wildman–Crippen MR) is 118 cm³/mol. The van der Waals surface area contributed by atoms with Gasteiger partial charge in [0.1, 0.15) is 0 Å². The van der Waals surface area contributed by atoms with Crippen LogP contribution in [0.4, 0.5) is 13.2 Å². The highest BCUT2D eigenvalue weighted by atomic mass is 35.5. The Labute approximate surface area is 196 Å². The number of ether oxygens (including phenoxy) is 1. The number of aromatic nitrogens is 3. The lowest BCUT2D eigenvalue weighted by Crippen LogP contribution is -2.46. The van der Waals surface area contributed by atoms with Crippen LogP contribution in [-0.2, 0) is 17.5 Å². The second kappa shape index (κ2) is 10.7. The Hall–Kier alpha value is -3.44. The maximum absolute atomic E-state index is 13.1. The van der Waals surface area contributed by atoms with Gasteiger partial charge in [-0.1, -0.05) is 29.8 Å². The van der Waals surface area contributed by atoms with Crippen molar-refractivity contribution in [1.82, 2.24) is 19.7 Å². The molecule has 180 valence electrons. The summed E-state index contributed by atoms with van der Waals surface area (Å²) in [7, 11) is 1.50. The quantitative estimate of drug-likeness (QED) is 0.484. The zero-order valence-electron chi connectivity index (χ0n) is 17.9. The second-order valence-corrected chi connectivity index (χ2v) is 7.58. The van der Waals surface area contributed by atoms with Crippen molar-refractivity contribution < 1.29 is 22.7 Å². The third kappa shape index (κ3) is 5.72. The van der Waals surface area contributed by atoms with E-state index < -0.39 is 34.6 Å². The lowest BCUT2D eigenvalue weighted by molar-refractivity contribution is -0.137. The third-order valence-corrected chi connectivity index (χ3v) is 5.18. The highest BCUT2D eigenvalue weighted by Gasteiger charge is 2.30. The van der Waals surface area contributed by atoms with Crippen molar-refractivity contribution >= 4 is 17.5 Å². The van der Waals surface area contributed by atoms with Gasteiger partial charge in [0, 0.05) is 25.3 Å². The van der Waals surface area contributed by atoms with Crippen LogP contribution < -0.4 is 16.6 Å². The Bertz CT molecular complexity index is 1290. The monoisotopic (exact) mass is 496 g/mol. The van der Waals surface area contributed by atoms with Crippen molar-refractivity contribution in [2.75, 3.05) is 20.3 Å². The minimum Gasteiger partial charge on any atom is -0.385 e. The van der Waals surface area contributed by atoms with E-state index in [0.29, 0.717) is 23.3 Å².